The molecule has 1 saturated heterocycles. The number of nitrogens with one attached hydrogen (secondary N) is 1. The molecular formula is C23H18ClF2N9O. The molecule has 3 aromatic heterocycles. The zero-order valence-corrected chi connectivity index (χ0v) is 19.2. The van der Waals surface area contributed by atoms with Gasteiger partial charge in [-0.05, 0) is 59.5 Å². The van der Waals surface area contributed by atoms with Crippen LogP contribution in [0.4, 0.5) is 14.6 Å². The lowest BCUT2D eigenvalue weighted by molar-refractivity contribution is -0.129. The van der Waals surface area contributed by atoms with Gasteiger partial charge in [0.1, 0.15) is 18.0 Å². The lowest BCUT2D eigenvalue weighted by Gasteiger charge is -2.33. The number of pyridine rings is 1. The molecule has 182 valence electrons. The third-order valence-electron chi connectivity index (χ3n) is 6.42. The van der Waals surface area contributed by atoms with E-state index in [1.165, 1.54) is 29.3 Å². The summed E-state index contributed by atoms with van der Waals surface area (Å²) in [6, 6.07) is 1.49. The third-order valence-corrected chi connectivity index (χ3v) is 6.71. The Morgan fingerprint density at radius 3 is 2.92 bits per heavy atom. The minimum atomic E-state index is -0.994. The maximum Gasteiger partial charge on any atom is 0.247 e. The number of tetrazole rings is 1. The van der Waals surface area contributed by atoms with Crippen LogP contribution in [0.3, 0.4) is 0 Å². The smallest absolute Gasteiger partial charge is 0.247 e. The fourth-order valence-electron chi connectivity index (χ4n) is 4.88. The molecule has 3 N–H and O–H groups in total. The van der Waals surface area contributed by atoms with E-state index in [9.17, 15) is 9.18 Å². The first-order valence-electron chi connectivity index (χ1n) is 12.0. The summed E-state index contributed by atoms with van der Waals surface area (Å²) in [5.41, 5.74) is 6.40. The fraction of sp³-hybridized carbons (Fsp3) is 0.217. The fourth-order valence-corrected chi connectivity index (χ4v) is 5.04. The van der Waals surface area contributed by atoms with Gasteiger partial charge >= 0.3 is 0 Å². The first-order chi connectivity index (χ1) is 18.2. The van der Waals surface area contributed by atoms with Gasteiger partial charge in [-0.25, -0.2) is 14.4 Å². The van der Waals surface area contributed by atoms with Crippen molar-refractivity contribution in [1.82, 2.24) is 40.1 Å². The number of carbonyl (C=O) groups is 1. The lowest BCUT2D eigenvalue weighted by atomic mass is 9.92. The average Bonchev–Trinajstić information content (AvgIpc) is 3.65. The van der Waals surface area contributed by atoms with Crippen molar-refractivity contribution in [3.05, 3.63) is 71.0 Å². The van der Waals surface area contributed by atoms with E-state index in [0.717, 1.165) is 0 Å². The third kappa shape index (κ3) is 3.61. The average molecular weight is 512 g/mol. The van der Waals surface area contributed by atoms with Crippen molar-refractivity contribution < 1.29 is 16.3 Å². The predicted octanol–water partition coefficient (Wildman–Crippen LogP) is 3.48. The summed E-state index contributed by atoms with van der Waals surface area (Å²) >= 11 is 6.08. The number of anilines is 1. The highest BCUT2D eigenvalue weighted by atomic mass is 35.5. The topological polar surface area (TPSA) is 132 Å². The molecule has 0 radical (unpaired) electrons. The molecule has 0 spiro atoms. The highest BCUT2D eigenvalue weighted by molar-refractivity contribution is 6.31. The van der Waals surface area contributed by atoms with Crippen LogP contribution in [0.5, 0.6) is 0 Å². The van der Waals surface area contributed by atoms with E-state index in [2.05, 4.69) is 30.5 Å². The van der Waals surface area contributed by atoms with Gasteiger partial charge in [0.2, 0.25) is 11.9 Å². The lowest BCUT2D eigenvalue weighted by Crippen LogP contribution is -2.39. The van der Waals surface area contributed by atoms with Crippen molar-refractivity contribution in [3.8, 4) is 16.9 Å². The highest BCUT2D eigenvalue weighted by Gasteiger charge is 2.42. The molecule has 0 unspecified atom stereocenters. The van der Waals surface area contributed by atoms with Crippen LogP contribution in [-0.2, 0) is 4.79 Å². The van der Waals surface area contributed by atoms with Gasteiger partial charge in [-0.2, -0.15) is 9.07 Å². The molecule has 1 amide bonds. The van der Waals surface area contributed by atoms with Crippen molar-refractivity contribution in [2.45, 2.75) is 31.3 Å². The van der Waals surface area contributed by atoms with Crippen molar-refractivity contribution in [2.24, 2.45) is 0 Å². The zero-order valence-electron chi connectivity index (χ0n) is 20.4. The van der Waals surface area contributed by atoms with Crippen LogP contribution >= 0.6 is 11.6 Å². The van der Waals surface area contributed by atoms with Crippen LogP contribution < -0.4 is 5.73 Å². The normalized spacial score (nSPS) is 20.2. The van der Waals surface area contributed by atoms with Gasteiger partial charge in [-0.15, -0.1) is 5.10 Å². The molecule has 2 aliphatic heterocycles. The molecule has 13 heteroatoms. The Balaban J connectivity index is 1.34. The molecule has 1 fully saturated rings. The van der Waals surface area contributed by atoms with Crippen molar-refractivity contribution >= 4 is 28.9 Å². The number of nitrogens with zero attached hydrogens (tertiary/aromatic N) is 7. The van der Waals surface area contributed by atoms with Gasteiger partial charge in [-0.3, -0.25) is 4.79 Å². The van der Waals surface area contributed by atoms with Crippen LogP contribution in [0.25, 0.3) is 22.5 Å². The Morgan fingerprint density at radius 1 is 1.25 bits per heavy atom. The van der Waals surface area contributed by atoms with Gasteiger partial charge in [0, 0.05) is 17.7 Å². The summed E-state index contributed by atoms with van der Waals surface area (Å²) in [6.07, 6.45) is 5.57. The first kappa shape index (κ1) is 20.0. The van der Waals surface area contributed by atoms with Crippen molar-refractivity contribution in [1.29, 1.82) is 0 Å². The number of benzene rings is 1. The van der Waals surface area contributed by atoms with E-state index in [-0.39, 0.29) is 39.6 Å². The number of hydrogen-bond acceptors (Lipinski definition) is 7. The minimum absolute atomic E-state index is 0.0889. The molecule has 2 atom stereocenters. The summed E-state index contributed by atoms with van der Waals surface area (Å²) in [5, 5.41) is 11.0. The summed E-state index contributed by atoms with van der Waals surface area (Å²) in [7, 11) is 0. The quantitative estimate of drug-likeness (QED) is 0.401. The molecule has 10 nitrogen and oxygen atoms in total. The predicted molar refractivity (Wildman–Crippen MR) is 126 cm³/mol. The largest absolute Gasteiger partial charge is 0.384 e. The standard InChI is InChI=1S/C23H18ClF2N9O/c24-14-3-5-16(34-10-29-32-33-34)20(21(14)25)11-7-12-1-4-17(35(12)19(36)8-11)23-28-9-15(30-23)13-2-6-18(27)31-22(13)26/h2-3,5-6,8-10,12,17H,1,4,7H2,(H2,27,31)(H,28,30)/t12-,17+/m1/s1/i2D,6D. The maximum atomic E-state index is 15.3. The number of nitrogen functional groups attached to an aromatic ring is 1. The van der Waals surface area contributed by atoms with E-state index in [1.807, 2.05) is 0 Å². The summed E-state index contributed by atoms with van der Waals surface area (Å²) in [6.45, 7) is 0. The Hall–Kier alpha value is -4.19. The van der Waals surface area contributed by atoms with Gasteiger partial charge in [-0.1, -0.05) is 11.6 Å². The number of amides is 1. The number of rotatable bonds is 4. The molecule has 4 aromatic rings. The molecule has 0 aliphatic carbocycles. The van der Waals surface area contributed by atoms with Crippen LogP contribution in [0.2, 0.25) is 5.02 Å². The number of fused-ring (bicyclic) bond motifs is 1. The number of aromatic nitrogens is 7. The number of imidazole rings is 1. The van der Waals surface area contributed by atoms with E-state index in [0.29, 0.717) is 36.3 Å². The Bertz CT molecular complexity index is 1630. The molecule has 5 heterocycles. The Kier molecular flexibility index (Phi) is 4.72. The second-order valence-electron chi connectivity index (χ2n) is 8.47. The number of halogens is 3. The molecule has 6 rings (SSSR count). The van der Waals surface area contributed by atoms with Crippen molar-refractivity contribution in [2.75, 3.05) is 5.73 Å². The van der Waals surface area contributed by atoms with E-state index < -0.39 is 29.9 Å². The second-order valence-corrected chi connectivity index (χ2v) is 8.88. The molecule has 2 aliphatic rings. The molecule has 0 saturated carbocycles. The van der Waals surface area contributed by atoms with Crippen LogP contribution in [-0.4, -0.2) is 52.0 Å². The number of H-pyrrole nitrogens is 1. The van der Waals surface area contributed by atoms with E-state index >= 15 is 4.39 Å². The van der Waals surface area contributed by atoms with Gasteiger partial charge in [0.25, 0.3) is 0 Å². The van der Waals surface area contributed by atoms with Gasteiger partial charge in [0.15, 0.2) is 5.82 Å². The summed E-state index contributed by atoms with van der Waals surface area (Å²) < 4.78 is 47.0. The van der Waals surface area contributed by atoms with Crippen LogP contribution in [0.1, 0.15) is 39.4 Å². The summed E-state index contributed by atoms with van der Waals surface area (Å²) in [4.78, 5) is 25.9. The number of hydrogen-bond donors (Lipinski definition) is 2. The zero-order chi connectivity index (χ0) is 26.7. The monoisotopic (exact) mass is 511 g/mol. The Labute approximate surface area is 210 Å². The second kappa shape index (κ2) is 8.48. The number of nitrogens with two attached hydrogens (primary N) is 1. The van der Waals surface area contributed by atoms with E-state index in [4.69, 9.17) is 20.1 Å². The molecule has 36 heavy (non-hydrogen) atoms. The minimum Gasteiger partial charge on any atom is -0.384 e. The molecule has 1 aromatic carbocycles. The van der Waals surface area contributed by atoms with Crippen LogP contribution in [0, 0.1) is 11.8 Å². The van der Waals surface area contributed by atoms with E-state index in [1.54, 1.807) is 11.0 Å². The van der Waals surface area contributed by atoms with Crippen LogP contribution in [0.15, 0.2) is 42.8 Å². The number of aromatic amines is 1. The maximum absolute atomic E-state index is 15.3. The SMILES string of the molecule is [2H]c1c(N)nc(F)c(-c2cnc([C@@H]3CC[C@@H]4CC(c5c(-n6cnnn6)ccc(Cl)c5F)=CC(=O)N43)[nH]2)c1[2H]. The number of carbonyl (C=O) groups excluding carboxylic acids is 1. The van der Waals surface area contributed by atoms with Crippen molar-refractivity contribution in [3.63, 3.8) is 0 Å². The van der Waals surface area contributed by atoms with Gasteiger partial charge < -0.3 is 15.6 Å². The molecule has 0 bridgehead atoms. The summed E-state index contributed by atoms with van der Waals surface area (Å²) in [5.74, 6) is -1.98. The van der Waals surface area contributed by atoms with Gasteiger partial charge in [0.05, 0.1) is 36.9 Å². The first-order valence-corrected chi connectivity index (χ1v) is 11.3. The Morgan fingerprint density at radius 2 is 2.11 bits per heavy atom. The highest BCUT2D eigenvalue weighted by Crippen LogP contribution is 2.44. The molecular weight excluding hydrogens is 492 g/mol.